The molecule has 4 aliphatic rings. The molecule has 2 N–H and O–H groups in total. The summed E-state index contributed by atoms with van der Waals surface area (Å²) in [6.45, 7) is 7.11. The van der Waals surface area contributed by atoms with Gasteiger partial charge in [-0.25, -0.2) is 0 Å². The van der Waals surface area contributed by atoms with Crippen LogP contribution in [0, 0.1) is 46.3 Å². The van der Waals surface area contributed by atoms with Crippen molar-refractivity contribution >= 4 is 5.97 Å². The molecule has 4 aliphatic carbocycles. The van der Waals surface area contributed by atoms with Crippen LogP contribution in [-0.4, -0.2) is 28.4 Å². The van der Waals surface area contributed by atoms with Crippen molar-refractivity contribution in [3.05, 3.63) is 0 Å². The molecule has 10 atom stereocenters. The molecule has 0 spiro atoms. The minimum absolute atomic E-state index is 0. The van der Waals surface area contributed by atoms with E-state index in [0.29, 0.717) is 29.6 Å². The molecule has 0 aromatic heterocycles. The Morgan fingerprint density at radius 1 is 1.00 bits per heavy atom. The molecule has 0 aromatic rings. The van der Waals surface area contributed by atoms with Crippen molar-refractivity contribution in [2.75, 3.05) is 0 Å². The number of carboxylic acid groups (broad SMARTS) is 1. The quantitative estimate of drug-likeness (QED) is 0.642. The molecule has 0 radical (unpaired) electrons. The number of hydrogen-bond donors (Lipinski definition) is 2. The fourth-order valence-corrected chi connectivity index (χ4v) is 8.80. The van der Waals surface area contributed by atoms with E-state index in [2.05, 4.69) is 20.8 Å². The van der Waals surface area contributed by atoms with Crippen LogP contribution < -0.4 is 34.7 Å². The number of aliphatic carboxylic acids is 1. The van der Waals surface area contributed by atoms with E-state index in [1.807, 2.05) is 0 Å². The molecular formula is C24H39NaO4. The third kappa shape index (κ3) is 3.99. The second-order valence-corrected chi connectivity index (χ2v) is 11.3. The van der Waals surface area contributed by atoms with Crippen LogP contribution in [-0.2, 0) is 4.79 Å². The van der Waals surface area contributed by atoms with E-state index in [1.165, 1.54) is 25.7 Å². The van der Waals surface area contributed by atoms with E-state index >= 15 is 0 Å². The van der Waals surface area contributed by atoms with Crippen molar-refractivity contribution in [1.82, 2.24) is 0 Å². The van der Waals surface area contributed by atoms with Gasteiger partial charge in [0.15, 0.2) is 0 Å². The Morgan fingerprint density at radius 2 is 1.66 bits per heavy atom. The van der Waals surface area contributed by atoms with Crippen LogP contribution in [0.1, 0.15) is 85.0 Å². The Labute approximate surface area is 198 Å². The van der Waals surface area contributed by atoms with E-state index < -0.39 is 5.97 Å². The van der Waals surface area contributed by atoms with Crippen LogP contribution in [0.4, 0.5) is 0 Å². The van der Waals surface area contributed by atoms with Gasteiger partial charge in [0, 0.05) is 5.97 Å². The van der Waals surface area contributed by atoms with Gasteiger partial charge < -0.3 is 20.1 Å². The maximum absolute atomic E-state index is 11.1. The summed E-state index contributed by atoms with van der Waals surface area (Å²) in [5.74, 6) is 2.25. The zero-order valence-corrected chi connectivity index (χ0v) is 20.9. The number of carbonyl (C=O) groups excluding carboxylic acids is 1. The standard InChI is InChI=1S/C24H40O4.Na/c1-14(4-7-22(27)28)17-5-6-18-16-13-21(26)20-12-15(25)8-10-24(20,3)19(16)9-11-23(17,18)2;/h14-21,25-26H,4-13H2,1-3H3,(H,27,28);/q;+1/p-1/t14-,15-,16?,17-,18?,19?,20+,21+,23-,24-;/m1./s1. The molecule has 4 rings (SSSR count). The summed E-state index contributed by atoms with van der Waals surface area (Å²) in [5.41, 5.74) is 0.450. The van der Waals surface area contributed by atoms with E-state index in [-0.39, 0.29) is 64.9 Å². The van der Waals surface area contributed by atoms with Gasteiger partial charge in [0.2, 0.25) is 0 Å². The van der Waals surface area contributed by atoms with Crippen LogP contribution in [0.3, 0.4) is 0 Å². The van der Waals surface area contributed by atoms with E-state index in [1.54, 1.807) is 0 Å². The Morgan fingerprint density at radius 3 is 2.34 bits per heavy atom. The molecule has 5 heteroatoms. The second kappa shape index (κ2) is 8.73. The Kier molecular flexibility index (Phi) is 7.24. The molecule has 0 amide bonds. The van der Waals surface area contributed by atoms with Crippen molar-refractivity contribution in [3.63, 3.8) is 0 Å². The molecule has 0 aromatic carbocycles. The summed E-state index contributed by atoms with van der Waals surface area (Å²) in [7, 11) is 0. The minimum atomic E-state index is -0.927. The molecule has 4 fully saturated rings. The Hall–Kier alpha value is 0.390. The van der Waals surface area contributed by atoms with Crippen LogP contribution in [0.5, 0.6) is 0 Å². The Balaban J connectivity index is 0.00000240. The third-order valence-electron chi connectivity index (χ3n) is 10.2. The summed E-state index contributed by atoms with van der Waals surface area (Å²) < 4.78 is 0. The smallest absolute Gasteiger partial charge is 0.550 e. The molecule has 0 heterocycles. The number of fused-ring (bicyclic) bond motifs is 5. The van der Waals surface area contributed by atoms with Crippen molar-refractivity contribution in [3.8, 4) is 0 Å². The van der Waals surface area contributed by atoms with Crippen molar-refractivity contribution in [1.29, 1.82) is 0 Å². The average molecular weight is 415 g/mol. The van der Waals surface area contributed by atoms with Gasteiger partial charge in [0.05, 0.1) is 12.2 Å². The van der Waals surface area contributed by atoms with E-state index in [0.717, 1.165) is 32.1 Å². The molecule has 29 heavy (non-hydrogen) atoms. The number of carboxylic acids is 1. The summed E-state index contributed by atoms with van der Waals surface area (Å²) >= 11 is 0. The van der Waals surface area contributed by atoms with E-state index in [4.69, 9.17) is 0 Å². The number of carbonyl (C=O) groups is 1. The van der Waals surface area contributed by atoms with Gasteiger partial charge in [-0.2, -0.15) is 0 Å². The fraction of sp³-hybridized carbons (Fsp3) is 0.958. The zero-order valence-electron chi connectivity index (χ0n) is 18.9. The first-order valence-corrected chi connectivity index (χ1v) is 11.7. The maximum atomic E-state index is 11.1. The molecular weight excluding hydrogens is 375 g/mol. The average Bonchev–Trinajstić information content (AvgIpc) is 2.99. The molecule has 0 aliphatic heterocycles. The predicted octanol–water partition coefficient (Wildman–Crippen LogP) is 0.147. The molecule has 160 valence electrons. The van der Waals surface area contributed by atoms with Gasteiger partial charge >= 0.3 is 29.6 Å². The minimum Gasteiger partial charge on any atom is -0.550 e. The topological polar surface area (TPSA) is 80.6 Å². The summed E-state index contributed by atoms with van der Waals surface area (Å²) in [6.07, 6.45) is 8.88. The Bertz CT molecular complexity index is 612. The van der Waals surface area contributed by atoms with Crippen LogP contribution in [0.15, 0.2) is 0 Å². The SMILES string of the molecule is C[C@H](CCC(=O)[O-])[C@H]1CCC2C3C[C@H](O)[C@@H]4C[C@H](O)CC[C@]4(C)C3CC[C@@]21C.[Na+]. The maximum Gasteiger partial charge on any atom is 1.00 e. The summed E-state index contributed by atoms with van der Waals surface area (Å²) in [4.78, 5) is 10.9. The molecule has 4 nitrogen and oxygen atoms in total. The van der Waals surface area contributed by atoms with Gasteiger partial charge in [-0.1, -0.05) is 20.8 Å². The van der Waals surface area contributed by atoms with Crippen molar-refractivity contribution in [2.24, 2.45) is 46.3 Å². The number of hydrogen-bond acceptors (Lipinski definition) is 4. The predicted molar refractivity (Wildman–Crippen MR) is 106 cm³/mol. The van der Waals surface area contributed by atoms with Gasteiger partial charge in [-0.3, -0.25) is 0 Å². The summed E-state index contributed by atoms with van der Waals surface area (Å²) in [5, 5.41) is 32.2. The molecule has 0 saturated heterocycles. The first-order chi connectivity index (χ1) is 13.2. The van der Waals surface area contributed by atoms with Crippen molar-refractivity contribution in [2.45, 2.75) is 97.2 Å². The normalized spacial score (nSPS) is 49.9. The first kappa shape index (κ1) is 24.0. The van der Waals surface area contributed by atoms with Gasteiger partial charge in [0.1, 0.15) is 0 Å². The second-order valence-electron chi connectivity index (χ2n) is 11.3. The van der Waals surface area contributed by atoms with Gasteiger partial charge in [0.25, 0.3) is 0 Å². The fourth-order valence-electron chi connectivity index (χ4n) is 8.80. The number of rotatable bonds is 4. The van der Waals surface area contributed by atoms with E-state index in [9.17, 15) is 20.1 Å². The monoisotopic (exact) mass is 414 g/mol. The number of aliphatic hydroxyl groups is 2. The molecule has 4 saturated carbocycles. The van der Waals surface area contributed by atoms with Crippen LogP contribution in [0.25, 0.3) is 0 Å². The van der Waals surface area contributed by atoms with Gasteiger partial charge in [-0.15, -0.1) is 0 Å². The molecule has 0 bridgehead atoms. The number of aliphatic hydroxyl groups excluding tert-OH is 2. The molecule has 3 unspecified atom stereocenters. The zero-order chi connectivity index (χ0) is 20.3. The van der Waals surface area contributed by atoms with Crippen LogP contribution in [0.2, 0.25) is 0 Å². The van der Waals surface area contributed by atoms with Gasteiger partial charge in [-0.05, 0) is 111 Å². The third-order valence-corrected chi connectivity index (χ3v) is 10.2. The van der Waals surface area contributed by atoms with Crippen molar-refractivity contribution < 1.29 is 49.7 Å². The summed E-state index contributed by atoms with van der Waals surface area (Å²) in [6, 6.07) is 0. The largest absolute Gasteiger partial charge is 1.00 e. The van der Waals surface area contributed by atoms with Crippen LogP contribution >= 0.6 is 0 Å². The first-order valence-electron chi connectivity index (χ1n) is 11.7.